The second-order valence-corrected chi connectivity index (χ2v) is 4.99. The van der Waals surface area contributed by atoms with Crippen LogP contribution in [0.25, 0.3) is 0 Å². The number of amides is 1. The van der Waals surface area contributed by atoms with Crippen LogP contribution in [0, 0.1) is 0 Å². The van der Waals surface area contributed by atoms with Crippen LogP contribution in [0.3, 0.4) is 0 Å². The molecule has 1 aromatic rings. The Kier molecular flexibility index (Phi) is 6.68. The molecule has 0 aliphatic carbocycles. The van der Waals surface area contributed by atoms with Gasteiger partial charge in [0.05, 0.1) is 0 Å². The summed E-state index contributed by atoms with van der Waals surface area (Å²) in [5.41, 5.74) is 6.83. The predicted molar refractivity (Wildman–Crippen MR) is 75.5 cm³/mol. The molecular formula is C15H21F3N2O. The fraction of sp³-hybridized carbons (Fsp3) is 0.533. The van der Waals surface area contributed by atoms with Crippen LogP contribution in [0.15, 0.2) is 30.3 Å². The van der Waals surface area contributed by atoms with Crippen molar-refractivity contribution in [3.8, 4) is 0 Å². The first-order valence-corrected chi connectivity index (χ1v) is 6.98. The lowest BCUT2D eigenvalue weighted by atomic mass is 10.0. The first-order chi connectivity index (χ1) is 9.83. The molecule has 6 heteroatoms. The molecular weight excluding hydrogens is 281 g/mol. The summed E-state index contributed by atoms with van der Waals surface area (Å²) in [5.74, 6) is -0.499. The van der Waals surface area contributed by atoms with E-state index in [1.165, 1.54) is 0 Å². The van der Waals surface area contributed by atoms with Crippen molar-refractivity contribution in [1.29, 1.82) is 0 Å². The summed E-state index contributed by atoms with van der Waals surface area (Å²) >= 11 is 0. The maximum Gasteiger partial charge on any atom is 0.406 e. The van der Waals surface area contributed by atoms with Crippen LogP contribution in [0.5, 0.6) is 0 Å². The molecule has 3 nitrogen and oxygen atoms in total. The number of nitrogens with zero attached hydrogens (tertiary/aromatic N) is 1. The van der Waals surface area contributed by atoms with Crippen LogP contribution >= 0.6 is 0 Å². The smallest absolute Gasteiger partial charge is 0.334 e. The van der Waals surface area contributed by atoms with E-state index in [1.807, 2.05) is 30.3 Å². The van der Waals surface area contributed by atoms with Crippen molar-refractivity contribution >= 4 is 5.91 Å². The van der Waals surface area contributed by atoms with E-state index < -0.39 is 18.6 Å². The Balaban J connectivity index is 2.53. The fourth-order valence-electron chi connectivity index (χ4n) is 2.08. The molecule has 0 aliphatic heterocycles. The van der Waals surface area contributed by atoms with Gasteiger partial charge in [-0.2, -0.15) is 13.2 Å². The minimum Gasteiger partial charge on any atom is -0.334 e. The van der Waals surface area contributed by atoms with Crippen molar-refractivity contribution in [1.82, 2.24) is 4.90 Å². The molecule has 0 saturated heterocycles. The molecule has 1 atom stereocenters. The molecule has 1 amide bonds. The number of nitrogens with two attached hydrogens (primary N) is 1. The molecule has 1 unspecified atom stereocenters. The molecule has 1 rings (SSSR count). The molecule has 0 heterocycles. The highest BCUT2D eigenvalue weighted by Gasteiger charge is 2.32. The molecule has 1 aromatic carbocycles. The van der Waals surface area contributed by atoms with Crippen molar-refractivity contribution in [3.63, 3.8) is 0 Å². The fourth-order valence-corrected chi connectivity index (χ4v) is 2.08. The zero-order valence-electron chi connectivity index (χ0n) is 12.1. The number of alkyl halides is 3. The van der Waals surface area contributed by atoms with Gasteiger partial charge in [-0.25, -0.2) is 0 Å². The van der Waals surface area contributed by atoms with Gasteiger partial charge >= 0.3 is 6.18 Å². The van der Waals surface area contributed by atoms with E-state index in [9.17, 15) is 18.0 Å². The minimum atomic E-state index is -4.37. The first-order valence-electron chi connectivity index (χ1n) is 6.98. The van der Waals surface area contributed by atoms with Gasteiger partial charge in [-0.05, 0) is 18.4 Å². The Morgan fingerprint density at radius 1 is 1.29 bits per heavy atom. The van der Waals surface area contributed by atoms with Gasteiger partial charge in [0.1, 0.15) is 6.54 Å². The monoisotopic (exact) mass is 302 g/mol. The lowest BCUT2D eigenvalue weighted by Gasteiger charge is -2.24. The molecule has 118 valence electrons. The number of benzene rings is 1. The lowest BCUT2D eigenvalue weighted by molar-refractivity contribution is -0.161. The van der Waals surface area contributed by atoms with Gasteiger partial charge < -0.3 is 10.6 Å². The van der Waals surface area contributed by atoms with Gasteiger partial charge in [0, 0.05) is 19.0 Å². The van der Waals surface area contributed by atoms with Gasteiger partial charge in [-0.3, -0.25) is 4.79 Å². The van der Waals surface area contributed by atoms with Gasteiger partial charge in [0.2, 0.25) is 5.91 Å². The highest BCUT2D eigenvalue weighted by molar-refractivity contribution is 5.76. The minimum absolute atomic E-state index is 0.0200. The maximum absolute atomic E-state index is 12.4. The Hall–Kier alpha value is -1.56. The topological polar surface area (TPSA) is 46.3 Å². The molecule has 0 spiro atoms. The van der Waals surface area contributed by atoms with E-state index in [-0.39, 0.29) is 19.0 Å². The van der Waals surface area contributed by atoms with E-state index >= 15 is 0 Å². The quantitative estimate of drug-likeness (QED) is 0.840. The average molecular weight is 302 g/mol. The largest absolute Gasteiger partial charge is 0.406 e. The third-order valence-electron chi connectivity index (χ3n) is 3.11. The molecule has 0 aromatic heterocycles. The van der Waals surface area contributed by atoms with E-state index in [1.54, 1.807) is 6.92 Å². The summed E-state index contributed by atoms with van der Waals surface area (Å²) in [5, 5.41) is 0. The Morgan fingerprint density at radius 3 is 2.43 bits per heavy atom. The number of halogens is 3. The van der Waals surface area contributed by atoms with Crippen molar-refractivity contribution in [2.45, 2.75) is 38.4 Å². The van der Waals surface area contributed by atoms with Crippen molar-refractivity contribution in [2.24, 2.45) is 5.73 Å². The van der Waals surface area contributed by atoms with E-state index in [0.717, 1.165) is 10.5 Å². The maximum atomic E-state index is 12.4. The average Bonchev–Trinajstić information content (AvgIpc) is 2.43. The van der Waals surface area contributed by atoms with Crippen molar-refractivity contribution < 1.29 is 18.0 Å². The van der Waals surface area contributed by atoms with Gasteiger partial charge in [0.15, 0.2) is 0 Å². The number of carbonyl (C=O) groups is 1. The van der Waals surface area contributed by atoms with Crippen LogP contribution < -0.4 is 5.73 Å². The normalized spacial score (nSPS) is 13.0. The van der Waals surface area contributed by atoms with E-state index in [0.29, 0.717) is 12.8 Å². The van der Waals surface area contributed by atoms with Crippen LogP contribution in [-0.2, 0) is 4.79 Å². The van der Waals surface area contributed by atoms with Crippen LogP contribution in [-0.4, -0.2) is 30.1 Å². The number of rotatable bonds is 7. The summed E-state index contributed by atoms with van der Waals surface area (Å²) in [6, 6.07) is 8.87. The molecule has 2 N–H and O–H groups in total. The van der Waals surface area contributed by atoms with Crippen molar-refractivity contribution in [3.05, 3.63) is 35.9 Å². The Bertz CT molecular complexity index is 434. The van der Waals surface area contributed by atoms with E-state index in [2.05, 4.69) is 0 Å². The molecule has 0 bridgehead atoms. The zero-order chi connectivity index (χ0) is 15.9. The third-order valence-corrected chi connectivity index (χ3v) is 3.11. The highest BCUT2D eigenvalue weighted by Crippen LogP contribution is 2.19. The third kappa shape index (κ3) is 6.62. The molecule has 0 radical (unpaired) electrons. The first kappa shape index (κ1) is 17.5. The summed E-state index contributed by atoms with van der Waals surface area (Å²) < 4.78 is 37.3. The molecule has 21 heavy (non-hydrogen) atoms. The van der Waals surface area contributed by atoms with Crippen LogP contribution in [0.1, 0.15) is 37.8 Å². The summed E-state index contributed by atoms with van der Waals surface area (Å²) in [6.07, 6.45) is -3.52. The van der Waals surface area contributed by atoms with Crippen molar-refractivity contribution in [2.75, 3.05) is 13.1 Å². The summed E-state index contributed by atoms with van der Waals surface area (Å²) in [7, 11) is 0. The standard InChI is InChI=1S/C15H21F3N2O/c1-2-10-20(11-15(16,17)18)14(21)9-8-13(19)12-6-4-3-5-7-12/h3-7,13H,2,8-11,19H2,1H3. The number of carbonyl (C=O) groups excluding carboxylic acids is 1. The van der Waals surface area contributed by atoms with Crippen LogP contribution in [0.4, 0.5) is 13.2 Å². The lowest BCUT2D eigenvalue weighted by Crippen LogP contribution is -2.39. The van der Waals surface area contributed by atoms with Gasteiger partial charge in [-0.15, -0.1) is 0 Å². The molecule has 0 aliphatic rings. The van der Waals surface area contributed by atoms with Crippen LogP contribution in [0.2, 0.25) is 0 Å². The number of hydrogen-bond donors (Lipinski definition) is 1. The SMILES string of the molecule is CCCN(CC(F)(F)F)C(=O)CCC(N)c1ccccc1. The molecule has 0 saturated carbocycles. The zero-order valence-corrected chi connectivity index (χ0v) is 12.1. The van der Waals surface area contributed by atoms with Gasteiger partial charge in [0.25, 0.3) is 0 Å². The predicted octanol–water partition coefficient (Wildman–Crippen LogP) is 3.27. The number of hydrogen-bond acceptors (Lipinski definition) is 2. The Labute approximate surface area is 122 Å². The molecule has 0 fully saturated rings. The van der Waals surface area contributed by atoms with E-state index in [4.69, 9.17) is 5.73 Å². The second kappa shape index (κ2) is 8.02. The van der Waals surface area contributed by atoms with Gasteiger partial charge in [-0.1, -0.05) is 37.3 Å². The second-order valence-electron chi connectivity index (χ2n) is 4.99. The summed E-state index contributed by atoms with van der Waals surface area (Å²) in [4.78, 5) is 12.8. The summed E-state index contributed by atoms with van der Waals surface area (Å²) in [6.45, 7) is 0.658. The Morgan fingerprint density at radius 2 is 1.90 bits per heavy atom. The highest BCUT2D eigenvalue weighted by atomic mass is 19.4.